The van der Waals surface area contributed by atoms with Gasteiger partial charge < -0.3 is 15.0 Å². The van der Waals surface area contributed by atoms with Crippen molar-refractivity contribution in [2.45, 2.75) is 32.2 Å². The van der Waals surface area contributed by atoms with Gasteiger partial charge in [-0.1, -0.05) is 12.1 Å². The first-order valence-electron chi connectivity index (χ1n) is 8.78. The number of rotatable bonds is 8. The number of methoxy groups -OCH3 is 1. The highest BCUT2D eigenvalue weighted by Crippen LogP contribution is 2.21. The molecule has 1 N–H and O–H groups in total. The highest BCUT2D eigenvalue weighted by atomic mass is 32.2. The molecule has 2 amide bonds. The lowest BCUT2D eigenvalue weighted by atomic mass is 9.93. The monoisotopic (exact) mass is 364 g/mol. The Hall–Kier alpha value is -1.69. The summed E-state index contributed by atoms with van der Waals surface area (Å²) in [5.74, 6) is 2.06. The SMILES string of the molecule is COc1cccc(CNC(=O)CC[C@@H]2CCCN(C(=O)CSC)C2)c1. The van der Waals surface area contributed by atoms with E-state index in [9.17, 15) is 9.59 Å². The molecule has 1 saturated heterocycles. The summed E-state index contributed by atoms with van der Waals surface area (Å²) in [7, 11) is 1.63. The van der Waals surface area contributed by atoms with Crippen LogP contribution in [0.2, 0.25) is 0 Å². The Morgan fingerprint density at radius 1 is 1.40 bits per heavy atom. The third kappa shape index (κ3) is 6.61. The molecule has 0 saturated carbocycles. The molecule has 1 aliphatic rings. The average molecular weight is 365 g/mol. The first-order chi connectivity index (χ1) is 12.1. The highest BCUT2D eigenvalue weighted by Gasteiger charge is 2.23. The molecule has 0 bridgehead atoms. The topological polar surface area (TPSA) is 58.6 Å². The lowest BCUT2D eigenvalue weighted by Gasteiger charge is -2.32. The van der Waals surface area contributed by atoms with Gasteiger partial charge in [-0.25, -0.2) is 0 Å². The summed E-state index contributed by atoms with van der Waals surface area (Å²) in [5, 5.41) is 2.97. The molecule has 2 rings (SSSR count). The molecule has 138 valence electrons. The summed E-state index contributed by atoms with van der Waals surface area (Å²) in [4.78, 5) is 26.1. The third-order valence-electron chi connectivity index (χ3n) is 4.54. The van der Waals surface area contributed by atoms with Crippen LogP contribution in [0, 0.1) is 5.92 Å². The molecule has 1 aromatic rings. The fraction of sp³-hybridized carbons (Fsp3) is 0.579. The molecule has 25 heavy (non-hydrogen) atoms. The summed E-state index contributed by atoms with van der Waals surface area (Å²) in [6.07, 6.45) is 5.45. The first-order valence-corrected chi connectivity index (χ1v) is 10.2. The molecular weight excluding hydrogens is 336 g/mol. The van der Waals surface area contributed by atoms with E-state index in [1.807, 2.05) is 35.4 Å². The van der Waals surface area contributed by atoms with Crippen molar-refractivity contribution < 1.29 is 14.3 Å². The number of piperidine rings is 1. The number of ether oxygens (including phenoxy) is 1. The van der Waals surface area contributed by atoms with Crippen LogP contribution in [-0.4, -0.2) is 48.9 Å². The maximum absolute atomic E-state index is 12.1. The summed E-state index contributed by atoms with van der Waals surface area (Å²) < 4.78 is 5.19. The Morgan fingerprint density at radius 3 is 3.00 bits per heavy atom. The van der Waals surface area contributed by atoms with Crippen LogP contribution in [0.15, 0.2) is 24.3 Å². The number of carbonyl (C=O) groups is 2. The molecule has 1 atom stereocenters. The van der Waals surface area contributed by atoms with E-state index in [1.54, 1.807) is 18.9 Å². The van der Waals surface area contributed by atoms with E-state index < -0.39 is 0 Å². The van der Waals surface area contributed by atoms with Crippen molar-refractivity contribution in [3.63, 3.8) is 0 Å². The van der Waals surface area contributed by atoms with E-state index in [0.29, 0.717) is 24.6 Å². The Labute approximate surface area is 154 Å². The summed E-state index contributed by atoms with van der Waals surface area (Å²) in [6.45, 7) is 2.17. The van der Waals surface area contributed by atoms with Crippen molar-refractivity contribution in [3.8, 4) is 5.75 Å². The molecule has 1 aliphatic heterocycles. The molecule has 1 aromatic carbocycles. The van der Waals surface area contributed by atoms with Gasteiger partial charge >= 0.3 is 0 Å². The van der Waals surface area contributed by atoms with Crippen molar-refractivity contribution >= 4 is 23.6 Å². The van der Waals surface area contributed by atoms with Gasteiger partial charge in [0.2, 0.25) is 11.8 Å². The van der Waals surface area contributed by atoms with Crippen LogP contribution in [0.4, 0.5) is 0 Å². The van der Waals surface area contributed by atoms with Gasteiger partial charge in [0.15, 0.2) is 0 Å². The van der Waals surface area contributed by atoms with Crippen molar-refractivity contribution in [2.24, 2.45) is 5.92 Å². The molecule has 0 aromatic heterocycles. The second-order valence-corrected chi connectivity index (χ2v) is 7.31. The van der Waals surface area contributed by atoms with Crippen LogP contribution < -0.4 is 10.1 Å². The number of carbonyl (C=O) groups excluding carboxylic acids is 2. The van der Waals surface area contributed by atoms with Crippen LogP contribution in [-0.2, 0) is 16.1 Å². The lowest BCUT2D eigenvalue weighted by Crippen LogP contribution is -2.41. The number of thioether (sulfide) groups is 1. The molecular formula is C19H28N2O3S. The van der Waals surface area contributed by atoms with E-state index in [0.717, 1.165) is 43.7 Å². The van der Waals surface area contributed by atoms with Crippen LogP contribution in [0.25, 0.3) is 0 Å². The standard InChI is InChI=1S/C19H28N2O3S/c1-24-17-7-3-5-16(11-17)12-20-18(22)9-8-15-6-4-10-21(13-15)19(23)14-25-2/h3,5,7,11,15H,4,6,8-10,12-14H2,1-2H3,(H,20,22)/t15-/m0/s1. The third-order valence-corrected chi connectivity index (χ3v) is 5.08. The second kappa shape index (κ2) is 10.3. The lowest BCUT2D eigenvalue weighted by molar-refractivity contribution is -0.130. The Kier molecular flexibility index (Phi) is 8.12. The van der Waals surface area contributed by atoms with Gasteiger partial charge in [0, 0.05) is 26.1 Å². The minimum atomic E-state index is 0.0652. The number of benzene rings is 1. The molecule has 1 fully saturated rings. The molecule has 0 radical (unpaired) electrons. The van der Waals surface area contributed by atoms with Gasteiger partial charge in [-0.3, -0.25) is 9.59 Å². The van der Waals surface area contributed by atoms with Crippen LogP contribution >= 0.6 is 11.8 Å². The Morgan fingerprint density at radius 2 is 2.24 bits per heavy atom. The largest absolute Gasteiger partial charge is 0.497 e. The molecule has 0 spiro atoms. The molecule has 5 nitrogen and oxygen atoms in total. The van der Waals surface area contributed by atoms with E-state index in [2.05, 4.69) is 5.32 Å². The van der Waals surface area contributed by atoms with Gasteiger partial charge in [-0.2, -0.15) is 11.8 Å². The predicted molar refractivity (Wildman–Crippen MR) is 102 cm³/mol. The maximum Gasteiger partial charge on any atom is 0.232 e. The summed E-state index contributed by atoms with van der Waals surface area (Å²) in [5.41, 5.74) is 1.03. The van der Waals surface area contributed by atoms with E-state index in [1.165, 1.54) is 0 Å². The summed E-state index contributed by atoms with van der Waals surface area (Å²) >= 11 is 1.57. The van der Waals surface area contributed by atoms with Crippen molar-refractivity contribution in [2.75, 3.05) is 32.2 Å². The number of likely N-dealkylation sites (tertiary alicyclic amines) is 1. The smallest absolute Gasteiger partial charge is 0.232 e. The fourth-order valence-electron chi connectivity index (χ4n) is 3.15. The number of amides is 2. The second-order valence-electron chi connectivity index (χ2n) is 6.45. The number of nitrogens with one attached hydrogen (secondary N) is 1. The minimum absolute atomic E-state index is 0.0652. The quantitative estimate of drug-likeness (QED) is 0.770. The zero-order chi connectivity index (χ0) is 18.1. The number of hydrogen-bond acceptors (Lipinski definition) is 4. The first kappa shape index (κ1) is 19.6. The van der Waals surface area contributed by atoms with E-state index in [-0.39, 0.29) is 11.8 Å². The maximum atomic E-state index is 12.1. The van der Waals surface area contributed by atoms with Crippen molar-refractivity contribution in [1.29, 1.82) is 0 Å². The predicted octanol–water partition coefficient (Wildman–Crippen LogP) is 2.69. The van der Waals surface area contributed by atoms with Crippen LogP contribution in [0.1, 0.15) is 31.2 Å². The van der Waals surface area contributed by atoms with Gasteiger partial charge in [0.05, 0.1) is 12.9 Å². The minimum Gasteiger partial charge on any atom is -0.497 e. The Balaban J connectivity index is 1.71. The fourth-order valence-corrected chi connectivity index (χ4v) is 3.58. The van der Waals surface area contributed by atoms with Crippen molar-refractivity contribution in [1.82, 2.24) is 10.2 Å². The number of nitrogens with zero attached hydrogens (tertiary/aromatic N) is 1. The average Bonchev–Trinajstić information content (AvgIpc) is 2.65. The van der Waals surface area contributed by atoms with Gasteiger partial charge in [0.1, 0.15) is 5.75 Å². The molecule has 0 unspecified atom stereocenters. The van der Waals surface area contributed by atoms with Crippen molar-refractivity contribution in [3.05, 3.63) is 29.8 Å². The Bertz CT molecular complexity index is 580. The molecule has 6 heteroatoms. The van der Waals surface area contributed by atoms with Crippen LogP contribution in [0.3, 0.4) is 0 Å². The zero-order valence-corrected chi connectivity index (χ0v) is 15.9. The van der Waals surface area contributed by atoms with Gasteiger partial charge in [0.25, 0.3) is 0 Å². The summed E-state index contributed by atoms with van der Waals surface area (Å²) in [6, 6.07) is 7.71. The molecule has 0 aliphatic carbocycles. The number of hydrogen-bond donors (Lipinski definition) is 1. The van der Waals surface area contributed by atoms with Gasteiger partial charge in [-0.05, 0) is 49.1 Å². The zero-order valence-electron chi connectivity index (χ0n) is 15.1. The molecule has 1 heterocycles. The van der Waals surface area contributed by atoms with E-state index >= 15 is 0 Å². The van der Waals surface area contributed by atoms with E-state index in [4.69, 9.17) is 4.74 Å². The van der Waals surface area contributed by atoms with Gasteiger partial charge in [-0.15, -0.1) is 0 Å². The normalized spacial score (nSPS) is 17.2. The van der Waals surface area contributed by atoms with Crippen LogP contribution in [0.5, 0.6) is 5.75 Å². The highest BCUT2D eigenvalue weighted by molar-refractivity contribution is 7.99.